The third-order valence-electron chi connectivity index (χ3n) is 2.81. The number of carbonyl (C=O) groups excluding carboxylic acids is 1. The van der Waals surface area contributed by atoms with Gasteiger partial charge in [0.05, 0.1) is 24.9 Å². The van der Waals surface area contributed by atoms with Gasteiger partial charge in [-0.2, -0.15) is 5.10 Å². The fraction of sp³-hybridized carbons (Fsp3) is 0.357. The summed E-state index contributed by atoms with van der Waals surface area (Å²) in [6.07, 6.45) is 2.84. The van der Waals surface area contributed by atoms with Crippen molar-refractivity contribution < 1.29 is 9.53 Å². The number of nitrogens with zero attached hydrogens (tertiary/aromatic N) is 3. The smallest absolute Gasteiger partial charge is 0.305 e. The SMILES string of the molecule is [C-]#[N+]c1ccc2c(cnn2CCCC(=O)OCC)c1. The van der Waals surface area contributed by atoms with Crippen molar-refractivity contribution >= 4 is 22.6 Å². The van der Waals surface area contributed by atoms with Gasteiger partial charge in [-0.3, -0.25) is 9.48 Å². The molecule has 0 spiro atoms. The van der Waals surface area contributed by atoms with Crippen LogP contribution >= 0.6 is 0 Å². The van der Waals surface area contributed by atoms with Crippen LogP contribution in [0, 0.1) is 6.57 Å². The molecule has 0 fully saturated rings. The average molecular weight is 257 g/mol. The van der Waals surface area contributed by atoms with Crippen LogP contribution < -0.4 is 0 Å². The molecular formula is C14H15N3O2. The van der Waals surface area contributed by atoms with Gasteiger partial charge >= 0.3 is 5.97 Å². The topological polar surface area (TPSA) is 48.5 Å². The maximum absolute atomic E-state index is 11.2. The molecule has 0 aliphatic rings. The zero-order chi connectivity index (χ0) is 13.7. The summed E-state index contributed by atoms with van der Waals surface area (Å²) in [5.74, 6) is -0.172. The Hall–Kier alpha value is -2.35. The second-order valence-electron chi connectivity index (χ2n) is 4.13. The summed E-state index contributed by atoms with van der Waals surface area (Å²) < 4.78 is 6.73. The van der Waals surface area contributed by atoms with Crippen molar-refractivity contribution in [3.63, 3.8) is 0 Å². The largest absolute Gasteiger partial charge is 0.466 e. The van der Waals surface area contributed by atoms with Gasteiger partial charge < -0.3 is 4.74 Å². The van der Waals surface area contributed by atoms with Gasteiger partial charge in [0.25, 0.3) is 0 Å². The van der Waals surface area contributed by atoms with E-state index in [1.807, 2.05) is 16.8 Å². The average Bonchev–Trinajstić information content (AvgIpc) is 2.81. The maximum atomic E-state index is 11.2. The summed E-state index contributed by atoms with van der Waals surface area (Å²) in [4.78, 5) is 14.6. The van der Waals surface area contributed by atoms with E-state index in [1.54, 1.807) is 19.2 Å². The van der Waals surface area contributed by atoms with Crippen molar-refractivity contribution in [2.45, 2.75) is 26.3 Å². The number of esters is 1. The number of ether oxygens (including phenoxy) is 1. The van der Waals surface area contributed by atoms with Gasteiger partial charge in [-0.05, 0) is 25.5 Å². The predicted octanol–water partition coefficient (Wildman–Crippen LogP) is 2.93. The van der Waals surface area contributed by atoms with Crippen molar-refractivity contribution in [2.75, 3.05) is 6.61 Å². The molecule has 0 N–H and O–H groups in total. The third-order valence-corrected chi connectivity index (χ3v) is 2.81. The molecule has 0 saturated carbocycles. The highest BCUT2D eigenvalue weighted by Crippen LogP contribution is 2.21. The van der Waals surface area contributed by atoms with E-state index in [0.29, 0.717) is 31.7 Å². The summed E-state index contributed by atoms with van der Waals surface area (Å²) in [5.41, 5.74) is 1.59. The molecule has 5 heteroatoms. The minimum atomic E-state index is -0.172. The first-order valence-electron chi connectivity index (χ1n) is 6.23. The summed E-state index contributed by atoms with van der Waals surface area (Å²) >= 11 is 0. The molecule has 98 valence electrons. The van der Waals surface area contributed by atoms with Crippen LogP contribution in [0.15, 0.2) is 24.4 Å². The zero-order valence-electron chi connectivity index (χ0n) is 10.8. The molecule has 1 aromatic heterocycles. The summed E-state index contributed by atoms with van der Waals surface area (Å²) in [5, 5.41) is 5.22. The Bertz CT molecular complexity index is 625. The predicted molar refractivity (Wildman–Crippen MR) is 71.9 cm³/mol. The molecule has 0 bridgehead atoms. The van der Waals surface area contributed by atoms with E-state index < -0.39 is 0 Å². The molecule has 5 nitrogen and oxygen atoms in total. The normalized spacial score (nSPS) is 10.3. The number of hydrogen-bond acceptors (Lipinski definition) is 3. The standard InChI is InChI=1S/C14H15N3O2/c1-3-19-14(18)5-4-8-17-13-7-6-12(15-2)9-11(13)10-16-17/h6-7,9-10H,3-5,8H2,1H3. The fourth-order valence-electron chi connectivity index (χ4n) is 1.93. The number of fused-ring (bicyclic) bond motifs is 1. The quantitative estimate of drug-likeness (QED) is 0.611. The Kier molecular flexibility index (Phi) is 4.14. The van der Waals surface area contributed by atoms with E-state index in [1.165, 1.54) is 0 Å². The van der Waals surface area contributed by atoms with Gasteiger partial charge in [-0.25, -0.2) is 4.85 Å². The number of benzene rings is 1. The first-order valence-corrected chi connectivity index (χ1v) is 6.23. The summed E-state index contributed by atoms with van der Waals surface area (Å²) in [6, 6.07) is 5.48. The highest BCUT2D eigenvalue weighted by atomic mass is 16.5. The second-order valence-corrected chi connectivity index (χ2v) is 4.13. The van der Waals surface area contributed by atoms with Crippen molar-refractivity contribution in [1.82, 2.24) is 9.78 Å². The molecule has 0 atom stereocenters. The molecule has 0 aliphatic carbocycles. The van der Waals surface area contributed by atoms with Gasteiger partial charge in [0, 0.05) is 18.4 Å². The molecule has 19 heavy (non-hydrogen) atoms. The lowest BCUT2D eigenvalue weighted by Gasteiger charge is -2.04. The first-order chi connectivity index (χ1) is 9.24. The lowest BCUT2D eigenvalue weighted by Crippen LogP contribution is -2.07. The van der Waals surface area contributed by atoms with E-state index in [-0.39, 0.29) is 5.97 Å². The molecule has 1 aromatic carbocycles. The molecular weight excluding hydrogens is 242 g/mol. The summed E-state index contributed by atoms with van der Waals surface area (Å²) in [7, 11) is 0. The van der Waals surface area contributed by atoms with E-state index in [4.69, 9.17) is 11.3 Å². The van der Waals surface area contributed by atoms with Crippen molar-refractivity contribution in [3.8, 4) is 0 Å². The molecule has 0 radical (unpaired) electrons. The van der Waals surface area contributed by atoms with Crippen LogP contribution in [-0.2, 0) is 16.1 Å². The molecule has 0 saturated heterocycles. The number of carbonyl (C=O) groups is 1. The van der Waals surface area contributed by atoms with Crippen LogP contribution in [0.3, 0.4) is 0 Å². The van der Waals surface area contributed by atoms with Gasteiger partial charge in [-0.1, -0.05) is 6.07 Å². The minimum Gasteiger partial charge on any atom is -0.466 e. The minimum absolute atomic E-state index is 0.172. The van der Waals surface area contributed by atoms with Crippen LogP contribution in [0.1, 0.15) is 19.8 Å². The van der Waals surface area contributed by atoms with Crippen LogP contribution in [0.25, 0.3) is 15.7 Å². The van der Waals surface area contributed by atoms with E-state index in [2.05, 4.69) is 9.94 Å². The number of rotatable bonds is 5. The summed E-state index contributed by atoms with van der Waals surface area (Å²) in [6.45, 7) is 9.86. The van der Waals surface area contributed by atoms with Gasteiger partial charge in [0.2, 0.25) is 0 Å². The highest BCUT2D eigenvalue weighted by molar-refractivity contribution is 5.82. The van der Waals surface area contributed by atoms with Gasteiger partial charge in [0.15, 0.2) is 5.69 Å². The Morgan fingerprint density at radius 1 is 1.53 bits per heavy atom. The van der Waals surface area contributed by atoms with E-state index >= 15 is 0 Å². The van der Waals surface area contributed by atoms with Gasteiger partial charge in [0.1, 0.15) is 0 Å². The number of hydrogen-bond donors (Lipinski definition) is 0. The lowest BCUT2D eigenvalue weighted by atomic mass is 10.2. The molecule has 0 aliphatic heterocycles. The van der Waals surface area contributed by atoms with Crippen LogP contribution in [0.2, 0.25) is 0 Å². The molecule has 2 aromatic rings. The fourth-order valence-corrected chi connectivity index (χ4v) is 1.93. The van der Waals surface area contributed by atoms with E-state index in [0.717, 1.165) is 10.9 Å². The van der Waals surface area contributed by atoms with Crippen LogP contribution in [0.4, 0.5) is 5.69 Å². The van der Waals surface area contributed by atoms with Crippen LogP contribution in [0.5, 0.6) is 0 Å². The second kappa shape index (κ2) is 6.01. The van der Waals surface area contributed by atoms with Gasteiger partial charge in [-0.15, -0.1) is 0 Å². The van der Waals surface area contributed by atoms with Crippen molar-refractivity contribution in [1.29, 1.82) is 0 Å². The van der Waals surface area contributed by atoms with Crippen molar-refractivity contribution in [3.05, 3.63) is 35.8 Å². The Balaban J connectivity index is 2.02. The monoisotopic (exact) mass is 257 g/mol. The highest BCUT2D eigenvalue weighted by Gasteiger charge is 2.05. The molecule has 0 amide bonds. The van der Waals surface area contributed by atoms with Crippen molar-refractivity contribution in [2.24, 2.45) is 0 Å². The first kappa shape index (κ1) is 13.1. The molecule has 2 rings (SSSR count). The molecule has 0 unspecified atom stereocenters. The van der Waals surface area contributed by atoms with E-state index in [9.17, 15) is 4.79 Å². The Labute approximate surface area is 111 Å². The Morgan fingerprint density at radius 3 is 3.11 bits per heavy atom. The number of aromatic nitrogens is 2. The van der Waals surface area contributed by atoms with Crippen LogP contribution in [-0.4, -0.2) is 22.4 Å². The lowest BCUT2D eigenvalue weighted by molar-refractivity contribution is -0.143. The molecule has 1 heterocycles. The number of aryl methyl sites for hydroxylation is 1. The maximum Gasteiger partial charge on any atom is 0.305 e. The Morgan fingerprint density at radius 2 is 2.37 bits per heavy atom. The zero-order valence-corrected chi connectivity index (χ0v) is 10.8. The third kappa shape index (κ3) is 3.10.